The van der Waals surface area contributed by atoms with Crippen LogP contribution < -0.4 is 5.32 Å². The number of nitrogens with one attached hydrogen (secondary N) is 1. The molecule has 0 saturated carbocycles. The maximum atomic E-state index is 11.7. The highest BCUT2D eigenvalue weighted by Gasteiger charge is 2.37. The Kier molecular flexibility index (Phi) is 1.66. The van der Waals surface area contributed by atoms with E-state index in [1.165, 1.54) is 17.7 Å². The number of carbonyl (C=O) groups excluding carboxylic acids is 1. The molecule has 3 nitrogen and oxygen atoms in total. The molecule has 1 fully saturated rings. The number of hydrogen-bond donors (Lipinski definition) is 1. The van der Waals surface area contributed by atoms with Crippen molar-refractivity contribution in [3.05, 3.63) is 23.4 Å². The second kappa shape index (κ2) is 2.87. The van der Waals surface area contributed by atoms with Crippen LogP contribution in [0, 0.1) is 0 Å². The van der Waals surface area contributed by atoms with E-state index in [4.69, 9.17) is 0 Å². The first-order valence-electron chi connectivity index (χ1n) is 5.34. The predicted molar refractivity (Wildman–Crippen MR) is 53.7 cm³/mol. The summed E-state index contributed by atoms with van der Waals surface area (Å²) < 4.78 is 0. The minimum absolute atomic E-state index is 0.105. The molecule has 1 atom stereocenters. The van der Waals surface area contributed by atoms with Crippen molar-refractivity contribution in [2.45, 2.75) is 31.7 Å². The van der Waals surface area contributed by atoms with Crippen LogP contribution in [0.1, 0.15) is 25.7 Å². The summed E-state index contributed by atoms with van der Waals surface area (Å²) in [6.07, 6.45) is 8.80. The summed E-state index contributed by atoms with van der Waals surface area (Å²) in [5, 5.41) is 3.03. The molecule has 1 N–H and O–H groups in total. The van der Waals surface area contributed by atoms with Gasteiger partial charge in [0.15, 0.2) is 0 Å². The summed E-state index contributed by atoms with van der Waals surface area (Å²) in [6, 6.07) is 0.369. The molecular weight excluding hydrogens is 176 g/mol. The Morgan fingerprint density at radius 3 is 3.29 bits per heavy atom. The second-order valence-corrected chi connectivity index (χ2v) is 4.16. The van der Waals surface area contributed by atoms with Crippen molar-refractivity contribution < 1.29 is 4.79 Å². The summed E-state index contributed by atoms with van der Waals surface area (Å²) in [4.78, 5) is 13.6. The van der Waals surface area contributed by atoms with E-state index < -0.39 is 0 Å². The molecule has 0 aromatic carbocycles. The fourth-order valence-corrected chi connectivity index (χ4v) is 2.61. The van der Waals surface area contributed by atoms with Crippen LogP contribution >= 0.6 is 0 Å². The van der Waals surface area contributed by atoms with Gasteiger partial charge in [-0.1, -0.05) is 12.2 Å². The van der Waals surface area contributed by atoms with E-state index in [1.807, 2.05) is 4.90 Å². The van der Waals surface area contributed by atoms with Crippen molar-refractivity contribution in [1.29, 1.82) is 0 Å². The van der Waals surface area contributed by atoms with Crippen LogP contribution in [0.3, 0.4) is 0 Å². The lowest BCUT2D eigenvalue weighted by Gasteiger charge is -2.20. The molecule has 2 aliphatic heterocycles. The molecule has 14 heavy (non-hydrogen) atoms. The summed E-state index contributed by atoms with van der Waals surface area (Å²) in [7, 11) is 0. The number of rotatable bonds is 0. The molecule has 74 valence electrons. The van der Waals surface area contributed by atoms with E-state index in [0.717, 1.165) is 25.8 Å². The Hall–Kier alpha value is -1.25. The Bertz CT molecular complexity index is 343. The molecule has 3 heteroatoms. The smallest absolute Gasteiger partial charge is 0.322 e. The van der Waals surface area contributed by atoms with Crippen LogP contribution in [0.5, 0.6) is 0 Å². The SMILES string of the molecule is O=C1NC2CC=CC3=C2N1CCCC3. The van der Waals surface area contributed by atoms with Gasteiger partial charge in [0, 0.05) is 12.2 Å². The van der Waals surface area contributed by atoms with Gasteiger partial charge in [0.25, 0.3) is 0 Å². The van der Waals surface area contributed by atoms with E-state index >= 15 is 0 Å². The molecule has 0 aromatic rings. The highest BCUT2D eigenvalue weighted by atomic mass is 16.2. The van der Waals surface area contributed by atoms with Crippen LogP contribution in [-0.4, -0.2) is 23.5 Å². The largest absolute Gasteiger partial charge is 0.329 e. The van der Waals surface area contributed by atoms with Crippen LogP contribution in [0.25, 0.3) is 0 Å². The van der Waals surface area contributed by atoms with Crippen molar-refractivity contribution in [3.63, 3.8) is 0 Å². The third-order valence-corrected chi connectivity index (χ3v) is 3.26. The zero-order valence-electron chi connectivity index (χ0n) is 8.12. The molecule has 3 aliphatic rings. The summed E-state index contributed by atoms with van der Waals surface area (Å²) in [6.45, 7) is 0.898. The highest BCUT2D eigenvalue weighted by Crippen LogP contribution is 2.33. The quantitative estimate of drug-likeness (QED) is 0.620. The second-order valence-electron chi connectivity index (χ2n) is 4.16. The van der Waals surface area contributed by atoms with Crippen molar-refractivity contribution >= 4 is 6.03 Å². The number of urea groups is 1. The van der Waals surface area contributed by atoms with Gasteiger partial charge in [-0.2, -0.15) is 0 Å². The van der Waals surface area contributed by atoms with Gasteiger partial charge >= 0.3 is 6.03 Å². The van der Waals surface area contributed by atoms with E-state index in [1.54, 1.807) is 0 Å². The fourth-order valence-electron chi connectivity index (χ4n) is 2.61. The van der Waals surface area contributed by atoms with Gasteiger partial charge in [0.05, 0.1) is 6.04 Å². The van der Waals surface area contributed by atoms with E-state index in [-0.39, 0.29) is 12.1 Å². The van der Waals surface area contributed by atoms with E-state index in [0.29, 0.717) is 0 Å². The number of amides is 2. The molecule has 0 radical (unpaired) electrons. The molecule has 1 unspecified atom stereocenters. The maximum absolute atomic E-state index is 11.7. The third-order valence-electron chi connectivity index (χ3n) is 3.26. The molecule has 0 spiro atoms. The highest BCUT2D eigenvalue weighted by molar-refractivity contribution is 5.81. The van der Waals surface area contributed by atoms with Gasteiger partial charge in [-0.3, -0.25) is 4.90 Å². The lowest BCUT2D eigenvalue weighted by molar-refractivity contribution is 0.223. The van der Waals surface area contributed by atoms with Crippen molar-refractivity contribution in [3.8, 4) is 0 Å². The zero-order chi connectivity index (χ0) is 9.54. The molecule has 3 rings (SSSR count). The standard InChI is InChI=1S/C11H14N2O/c14-11-12-9-6-3-5-8-4-1-2-7-13(11)10(8)9/h3,5,9H,1-2,4,6-7H2,(H,12,14). The number of allylic oxidation sites excluding steroid dienone is 2. The first kappa shape index (κ1) is 8.09. The molecule has 1 aliphatic carbocycles. The third kappa shape index (κ3) is 1.01. The molecule has 0 aromatic heterocycles. The minimum atomic E-state index is 0.105. The molecule has 2 heterocycles. The molecule has 0 bridgehead atoms. The molecular formula is C11H14N2O. The Morgan fingerprint density at radius 1 is 1.43 bits per heavy atom. The average molecular weight is 190 g/mol. The average Bonchev–Trinajstić information content (AvgIpc) is 2.39. The van der Waals surface area contributed by atoms with E-state index in [9.17, 15) is 4.79 Å². The number of nitrogens with zero attached hydrogens (tertiary/aromatic N) is 1. The predicted octanol–water partition coefficient (Wildman–Crippen LogP) is 1.78. The van der Waals surface area contributed by atoms with Crippen molar-refractivity contribution in [2.75, 3.05) is 6.54 Å². The van der Waals surface area contributed by atoms with Crippen LogP contribution in [0.2, 0.25) is 0 Å². The normalized spacial score (nSPS) is 30.1. The first-order chi connectivity index (χ1) is 6.86. The lowest BCUT2D eigenvalue weighted by atomic mass is 9.97. The monoisotopic (exact) mass is 190 g/mol. The van der Waals surface area contributed by atoms with Crippen molar-refractivity contribution in [2.24, 2.45) is 0 Å². The topological polar surface area (TPSA) is 32.3 Å². The van der Waals surface area contributed by atoms with Gasteiger partial charge < -0.3 is 5.32 Å². The Morgan fingerprint density at radius 2 is 2.36 bits per heavy atom. The Labute approximate surface area is 83.5 Å². The summed E-state index contributed by atoms with van der Waals surface area (Å²) >= 11 is 0. The summed E-state index contributed by atoms with van der Waals surface area (Å²) in [5.41, 5.74) is 2.63. The van der Waals surface area contributed by atoms with Gasteiger partial charge in [0.1, 0.15) is 0 Å². The van der Waals surface area contributed by atoms with Crippen LogP contribution in [-0.2, 0) is 0 Å². The summed E-state index contributed by atoms with van der Waals surface area (Å²) in [5.74, 6) is 0. The number of hydrogen-bond acceptors (Lipinski definition) is 1. The minimum Gasteiger partial charge on any atom is -0.329 e. The fraction of sp³-hybridized carbons (Fsp3) is 0.545. The van der Waals surface area contributed by atoms with Gasteiger partial charge in [0.2, 0.25) is 0 Å². The molecule has 1 saturated heterocycles. The Balaban J connectivity index is 2.07. The molecule has 2 amide bonds. The van der Waals surface area contributed by atoms with E-state index in [2.05, 4.69) is 17.5 Å². The first-order valence-corrected chi connectivity index (χ1v) is 5.34. The maximum Gasteiger partial charge on any atom is 0.322 e. The van der Waals surface area contributed by atoms with Crippen molar-refractivity contribution in [1.82, 2.24) is 10.2 Å². The van der Waals surface area contributed by atoms with Crippen LogP contribution in [0.4, 0.5) is 4.79 Å². The lowest BCUT2D eigenvalue weighted by Crippen LogP contribution is -2.28. The van der Waals surface area contributed by atoms with Gasteiger partial charge in [-0.25, -0.2) is 4.79 Å². The van der Waals surface area contributed by atoms with Gasteiger partial charge in [-0.15, -0.1) is 0 Å². The zero-order valence-corrected chi connectivity index (χ0v) is 8.12. The van der Waals surface area contributed by atoms with Crippen LogP contribution in [0.15, 0.2) is 23.4 Å². The number of carbonyl (C=O) groups is 1. The van der Waals surface area contributed by atoms with Gasteiger partial charge in [-0.05, 0) is 31.3 Å².